The molecule has 0 aliphatic rings. The summed E-state index contributed by atoms with van der Waals surface area (Å²) in [5.74, 6) is -0.0467. The molecule has 0 fully saturated rings. The van der Waals surface area contributed by atoms with Crippen molar-refractivity contribution in [3.63, 3.8) is 0 Å². The zero-order valence-corrected chi connectivity index (χ0v) is 12.5. The Morgan fingerprint density at radius 3 is 2.53 bits per heavy atom. The van der Waals surface area contributed by atoms with Crippen LogP contribution in [-0.2, 0) is 4.79 Å². The molecule has 2 N–H and O–H groups in total. The molecule has 1 rings (SSSR count). The van der Waals surface area contributed by atoms with Gasteiger partial charge in [-0.15, -0.1) is 0 Å². The van der Waals surface area contributed by atoms with Crippen LogP contribution in [0, 0.1) is 0 Å². The number of hydrogen-bond acceptors (Lipinski definition) is 3. The summed E-state index contributed by atoms with van der Waals surface area (Å²) in [6, 6.07) is 7.59. The van der Waals surface area contributed by atoms with Crippen LogP contribution in [0.2, 0.25) is 5.02 Å². The van der Waals surface area contributed by atoms with E-state index in [1.807, 2.05) is 0 Å². The maximum absolute atomic E-state index is 11.7. The van der Waals surface area contributed by atoms with E-state index < -0.39 is 0 Å². The highest BCUT2D eigenvalue weighted by atomic mass is 35.5. The molecule has 0 unspecified atom stereocenters. The normalized spacial score (nSPS) is 11.1. The maximum atomic E-state index is 11.7. The lowest BCUT2D eigenvalue weighted by atomic mass is 10.3. The lowest BCUT2D eigenvalue weighted by Crippen LogP contribution is -2.36. The van der Waals surface area contributed by atoms with Crippen molar-refractivity contribution in [3.05, 3.63) is 29.3 Å². The molecular formula is C14H22ClN3O. The molecule has 106 valence electrons. The van der Waals surface area contributed by atoms with Crippen molar-refractivity contribution in [2.24, 2.45) is 0 Å². The average molecular weight is 284 g/mol. The van der Waals surface area contributed by atoms with Gasteiger partial charge in [0.1, 0.15) is 0 Å². The number of carbonyl (C=O) groups is 1. The number of halogens is 1. The van der Waals surface area contributed by atoms with Gasteiger partial charge in [0.05, 0.1) is 6.54 Å². The van der Waals surface area contributed by atoms with E-state index in [0.29, 0.717) is 17.6 Å². The topological polar surface area (TPSA) is 44.4 Å². The Bertz CT molecular complexity index is 392. The number of anilines is 1. The minimum Gasteiger partial charge on any atom is -0.325 e. The van der Waals surface area contributed by atoms with Crippen molar-refractivity contribution in [2.75, 3.05) is 32.0 Å². The second-order valence-electron chi connectivity index (χ2n) is 4.81. The third-order valence-corrected chi connectivity index (χ3v) is 3.19. The van der Waals surface area contributed by atoms with Crippen LogP contribution in [0.15, 0.2) is 24.3 Å². The molecule has 0 bridgehead atoms. The predicted molar refractivity (Wildman–Crippen MR) is 80.7 cm³/mol. The first-order valence-corrected chi connectivity index (χ1v) is 6.83. The van der Waals surface area contributed by atoms with Gasteiger partial charge in [-0.1, -0.05) is 11.6 Å². The summed E-state index contributed by atoms with van der Waals surface area (Å²) in [4.78, 5) is 13.9. The molecule has 1 amide bonds. The van der Waals surface area contributed by atoms with Gasteiger partial charge in [-0.3, -0.25) is 4.79 Å². The van der Waals surface area contributed by atoms with E-state index in [1.54, 1.807) is 24.3 Å². The zero-order chi connectivity index (χ0) is 14.3. The number of hydrogen-bond donors (Lipinski definition) is 2. The molecule has 1 aromatic carbocycles. The van der Waals surface area contributed by atoms with Crippen LogP contribution in [0.4, 0.5) is 5.69 Å². The maximum Gasteiger partial charge on any atom is 0.238 e. The minimum atomic E-state index is -0.0467. The number of likely N-dealkylation sites (N-methyl/N-ethyl adjacent to an activating group) is 1. The molecule has 0 aromatic heterocycles. The van der Waals surface area contributed by atoms with E-state index in [-0.39, 0.29) is 5.91 Å². The van der Waals surface area contributed by atoms with Crippen LogP contribution < -0.4 is 10.6 Å². The lowest BCUT2D eigenvalue weighted by molar-refractivity contribution is -0.115. The Kier molecular flexibility index (Phi) is 6.84. The molecule has 1 aromatic rings. The molecule has 4 nitrogen and oxygen atoms in total. The Labute approximate surface area is 120 Å². The fraction of sp³-hybridized carbons (Fsp3) is 0.500. The van der Waals surface area contributed by atoms with Crippen LogP contribution in [0.3, 0.4) is 0 Å². The number of carbonyl (C=O) groups excluding carboxylic acids is 1. The van der Waals surface area contributed by atoms with E-state index >= 15 is 0 Å². The van der Waals surface area contributed by atoms with E-state index in [1.165, 1.54) is 0 Å². The molecule has 0 aliphatic heterocycles. The van der Waals surface area contributed by atoms with Crippen molar-refractivity contribution in [1.29, 1.82) is 0 Å². The highest BCUT2D eigenvalue weighted by molar-refractivity contribution is 6.30. The molecule has 0 radical (unpaired) electrons. The van der Waals surface area contributed by atoms with Crippen molar-refractivity contribution in [3.8, 4) is 0 Å². The van der Waals surface area contributed by atoms with Gasteiger partial charge < -0.3 is 15.5 Å². The van der Waals surface area contributed by atoms with E-state index in [4.69, 9.17) is 11.6 Å². The van der Waals surface area contributed by atoms with Crippen LogP contribution in [0.25, 0.3) is 0 Å². The van der Waals surface area contributed by atoms with Crippen LogP contribution >= 0.6 is 11.6 Å². The Balaban J connectivity index is 2.20. The smallest absolute Gasteiger partial charge is 0.238 e. The zero-order valence-electron chi connectivity index (χ0n) is 11.7. The number of rotatable bonds is 7. The van der Waals surface area contributed by atoms with E-state index in [9.17, 15) is 4.79 Å². The van der Waals surface area contributed by atoms with Crippen molar-refractivity contribution in [1.82, 2.24) is 10.2 Å². The number of nitrogens with zero attached hydrogens (tertiary/aromatic N) is 1. The lowest BCUT2D eigenvalue weighted by Gasteiger charge is -2.20. The predicted octanol–water partition coefficient (Wildman–Crippen LogP) is 2.21. The quantitative estimate of drug-likeness (QED) is 0.754. The summed E-state index contributed by atoms with van der Waals surface area (Å²) in [7, 11) is 2.07. The molecule has 0 saturated carbocycles. The molecule has 0 spiro atoms. The molecular weight excluding hydrogens is 262 g/mol. The SMILES string of the molecule is CC(C)N(C)CCNCC(=O)Nc1ccc(Cl)cc1. The van der Waals surface area contributed by atoms with Gasteiger partial charge in [0, 0.05) is 29.8 Å². The van der Waals surface area contributed by atoms with Gasteiger partial charge in [-0.2, -0.15) is 0 Å². The third-order valence-electron chi connectivity index (χ3n) is 2.94. The van der Waals surface area contributed by atoms with Crippen molar-refractivity contribution in [2.45, 2.75) is 19.9 Å². The molecule has 0 heterocycles. The van der Waals surface area contributed by atoms with Crippen molar-refractivity contribution >= 4 is 23.2 Å². The Hall–Kier alpha value is -1.10. The number of benzene rings is 1. The second kappa shape index (κ2) is 8.15. The molecule has 5 heteroatoms. The fourth-order valence-corrected chi connectivity index (χ4v) is 1.58. The standard InChI is InChI=1S/C14H22ClN3O/c1-11(2)18(3)9-8-16-10-14(19)17-13-6-4-12(15)5-7-13/h4-7,11,16H,8-10H2,1-3H3,(H,17,19). The van der Waals surface area contributed by atoms with Gasteiger partial charge in [0.2, 0.25) is 5.91 Å². The first-order chi connectivity index (χ1) is 8.99. The third kappa shape index (κ3) is 6.57. The summed E-state index contributed by atoms with van der Waals surface area (Å²) >= 11 is 5.78. The molecule has 19 heavy (non-hydrogen) atoms. The monoisotopic (exact) mass is 283 g/mol. The Morgan fingerprint density at radius 1 is 1.32 bits per heavy atom. The van der Waals surface area contributed by atoms with Crippen LogP contribution in [0.5, 0.6) is 0 Å². The van der Waals surface area contributed by atoms with Gasteiger partial charge in [0.25, 0.3) is 0 Å². The van der Waals surface area contributed by atoms with E-state index in [0.717, 1.165) is 18.8 Å². The summed E-state index contributed by atoms with van der Waals surface area (Å²) < 4.78 is 0. The average Bonchev–Trinajstić information content (AvgIpc) is 2.37. The summed E-state index contributed by atoms with van der Waals surface area (Å²) in [6.45, 7) is 6.32. The number of amides is 1. The first kappa shape index (κ1) is 16.0. The van der Waals surface area contributed by atoms with Gasteiger partial charge >= 0.3 is 0 Å². The largest absolute Gasteiger partial charge is 0.325 e. The van der Waals surface area contributed by atoms with Gasteiger partial charge in [-0.05, 0) is 45.2 Å². The molecule has 0 saturated heterocycles. The fourth-order valence-electron chi connectivity index (χ4n) is 1.45. The highest BCUT2D eigenvalue weighted by Gasteiger charge is 2.04. The van der Waals surface area contributed by atoms with Crippen LogP contribution in [0.1, 0.15) is 13.8 Å². The Morgan fingerprint density at radius 2 is 1.95 bits per heavy atom. The summed E-state index contributed by atoms with van der Waals surface area (Å²) in [5, 5.41) is 6.59. The summed E-state index contributed by atoms with van der Waals surface area (Å²) in [6.07, 6.45) is 0. The van der Waals surface area contributed by atoms with Crippen LogP contribution in [-0.4, -0.2) is 43.5 Å². The summed E-state index contributed by atoms with van der Waals surface area (Å²) in [5.41, 5.74) is 0.760. The minimum absolute atomic E-state index is 0.0467. The van der Waals surface area contributed by atoms with Crippen molar-refractivity contribution < 1.29 is 4.79 Å². The van der Waals surface area contributed by atoms with Gasteiger partial charge in [0.15, 0.2) is 0 Å². The molecule has 0 atom stereocenters. The highest BCUT2D eigenvalue weighted by Crippen LogP contribution is 2.12. The van der Waals surface area contributed by atoms with Gasteiger partial charge in [-0.25, -0.2) is 0 Å². The molecule has 0 aliphatic carbocycles. The second-order valence-corrected chi connectivity index (χ2v) is 5.24. The van der Waals surface area contributed by atoms with E-state index in [2.05, 4.69) is 36.4 Å². The number of nitrogens with one attached hydrogen (secondary N) is 2. The first-order valence-electron chi connectivity index (χ1n) is 6.45.